The van der Waals surface area contributed by atoms with Gasteiger partial charge in [0.25, 0.3) is 0 Å². The van der Waals surface area contributed by atoms with Crippen LogP contribution in [0.4, 0.5) is 0 Å². The van der Waals surface area contributed by atoms with Gasteiger partial charge in [0.2, 0.25) is 0 Å². The maximum atomic E-state index is 10.1. The smallest absolute Gasteiger partial charge is 0.134 e. The molecule has 22 heavy (non-hydrogen) atoms. The fourth-order valence-corrected chi connectivity index (χ4v) is 2.72. The van der Waals surface area contributed by atoms with Gasteiger partial charge < -0.3 is 14.8 Å². The minimum absolute atomic E-state index is 0.496. The maximum absolute atomic E-state index is 10.1. The van der Waals surface area contributed by atoms with Gasteiger partial charge in [-0.05, 0) is 42.3 Å². The molecule has 0 spiro atoms. The first-order valence-corrected chi connectivity index (χ1v) is 7.71. The van der Waals surface area contributed by atoms with Crippen molar-refractivity contribution in [3.8, 4) is 0 Å². The standard InChI is InChI=1S/C18H18ClNO2/c19-15-5-3-4-13(10-15)17(21)11-20-9-8-14-12-22-18-7-2-1-6-16(14)18/h1-7,10,12,17,20-21H,8-9,11H2. The van der Waals surface area contributed by atoms with Crippen LogP contribution in [0.25, 0.3) is 11.0 Å². The lowest BCUT2D eigenvalue weighted by Gasteiger charge is -2.12. The van der Waals surface area contributed by atoms with E-state index in [1.54, 1.807) is 18.4 Å². The normalized spacial score (nSPS) is 12.6. The monoisotopic (exact) mass is 315 g/mol. The first-order chi connectivity index (χ1) is 10.7. The fourth-order valence-electron chi connectivity index (χ4n) is 2.52. The summed E-state index contributed by atoms with van der Waals surface area (Å²) in [7, 11) is 0. The van der Waals surface area contributed by atoms with E-state index < -0.39 is 6.10 Å². The summed E-state index contributed by atoms with van der Waals surface area (Å²) >= 11 is 5.93. The Bertz CT molecular complexity index is 753. The van der Waals surface area contributed by atoms with E-state index in [1.165, 1.54) is 5.56 Å². The van der Waals surface area contributed by atoms with Gasteiger partial charge in [0.05, 0.1) is 12.4 Å². The summed E-state index contributed by atoms with van der Waals surface area (Å²) < 4.78 is 5.52. The number of benzene rings is 2. The Balaban J connectivity index is 1.51. The van der Waals surface area contributed by atoms with Crippen LogP contribution in [0.2, 0.25) is 5.02 Å². The summed E-state index contributed by atoms with van der Waals surface area (Å²) in [6.07, 6.45) is 2.11. The van der Waals surface area contributed by atoms with Crippen molar-refractivity contribution in [2.24, 2.45) is 0 Å². The molecule has 1 heterocycles. The zero-order chi connectivity index (χ0) is 15.4. The number of fused-ring (bicyclic) bond motifs is 1. The Morgan fingerprint density at radius 1 is 1.14 bits per heavy atom. The predicted molar refractivity (Wildman–Crippen MR) is 89.2 cm³/mol. The molecule has 0 aliphatic carbocycles. The Kier molecular flexibility index (Phi) is 4.78. The van der Waals surface area contributed by atoms with Crippen LogP contribution in [0.15, 0.2) is 59.2 Å². The van der Waals surface area contributed by atoms with E-state index in [-0.39, 0.29) is 0 Å². The van der Waals surface area contributed by atoms with Crippen LogP contribution in [0, 0.1) is 0 Å². The molecule has 2 aromatic carbocycles. The van der Waals surface area contributed by atoms with Crippen LogP contribution >= 0.6 is 11.6 Å². The minimum atomic E-state index is -0.556. The zero-order valence-electron chi connectivity index (χ0n) is 12.1. The first-order valence-electron chi connectivity index (χ1n) is 7.33. The van der Waals surface area contributed by atoms with E-state index in [0.717, 1.165) is 29.5 Å². The van der Waals surface area contributed by atoms with Crippen LogP contribution in [0.5, 0.6) is 0 Å². The highest BCUT2D eigenvalue weighted by molar-refractivity contribution is 6.30. The van der Waals surface area contributed by atoms with Crippen LogP contribution in [-0.4, -0.2) is 18.2 Å². The van der Waals surface area contributed by atoms with Crippen LogP contribution in [-0.2, 0) is 6.42 Å². The maximum Gasteiger partial charge on any atom is 0.134 e. The number of rotatable bonds is 6. The number of hydrogen-bond donors (Lipinski definition) is 2. The van der Waals surface area contributed by atoms with E-state index in [1.807, 2.05) is 30.3 Å². The number of para-hydroxylation sites is 1. The van der Waals surface area contributed by atoms with Crippen LogP contribution in [0.1, 0.15) is 17.2 Å². The summed E-state index contributed by atoms with van der Waals surface area (Å²) in [6.45, 7) is 1.28. The van der Waals surface area contributed by atoms with Crippen molar-refractivity contribution in [3.05, 3.63) is 70.9 Å². The molecule has 0 amide bonds. The Morgan fingerprint density at radius 3 is 2.86 bits per heavy atom. The van der Waals surface area contributed by atoms with E-state index in [0.29, 0.717) is 11.6 Å². The first kappa shape index (κ1) is 15.1. The average Bonchev–Trinajstić information content (AvgIpc) is 2.95. The number of nitrogens with one attached hydrogen (secondary N) is 1. The van der Waals surface area contributed by atoms with Gasteiger partial charge >= 0.3 is 0 Å². The summed E-state index contributed by atoms with van der Waals surface area (Å²) in [5, 5.41) is 15.2. The topological polar surface area (TPSA) is 45.4 Å². The molecule has 0 fully saturated rings. The van der Waals surface area contributed by atoms with Crippen molar-refractivity contribution in [1.29, 1.82) is 0 Å². The molecule has 0 radical (unpaired) electrons. The van der Waals surface area contributed by atoms with E-state index in [9.17, 15) is 5.11 Å². The number of hydrogen-bond acceptors (Lipinski definition) is 3. The molecule has 4 heteroatoms. The van der Waals surface area contributed by atoms with E-state index in [2.05, 4.69) is 11.4 Å². The Hall–Kier alpha value is -1.81. The molecule has 1 unspecified atom stereocenters. The highest BCUT2D eigenvalue weighted by Crippen LogP contribution is 2.21. The summed E-state index contributed by atoms with van der Waals surface area (Å²) in [6, 6.07) is 15.3. The lowest BCUT2D eigenvalue weighted by atomic mass is 10.1. The van der Waals surface area contributed by atoms with Gasteiger partial charge in [-0.25, -0.2) is 0 Å². The molecule has 0 saturated carbocycles. The molecular formula is C18H18ClNO2. The molecule has 3 rings (SSSR count). The largest absolute Gasteiger partial charge is 0.464 e. The van der Waals surface area contributed by atoms with Crippen molar-refractivity contribution in [1.82, 2.24) is 5.32 Å². The van der Waals surface area contributed by atoms with Gasteiger partial charge in [-0.2, -0.15) is 0 Å². The van der Waals surface area contributed by atoms with E-state index >= 15 is 0 Å². The predicted octanol–water partition coefficient (Wildman–Crippen LogP) is 3.95. The van der Waals surface area contributed by atoms with Crippen molar-refractivity contribution in [2.45, 2.75) is 12.5 Å². The lowest BCUT2D eigenvalue weighted by molar-refractivity contribution is 0.175. The van der Waals surface area contributed by atoms with Gasteiger partial charge in [-0.1, -0.05) is 41.9 Å². The second-order valence-corrected chi connectivity index (χ2v) is 5.72. The SMILES string of the molecule is OC(CNCCc1coc2ccccc12)c1cccc(Cl)c1. The van der Waals surface area contributed by atoms with Crippen LogP contribution < -0.4 is 5.32 Å². The highest BCUT2D eigenvalue weighted by Gasteiger charge is 2.08. The summed E-state index contributed by atoms with van der Waals surface area (Å²) in [4.78, 5) is 0. The quantitative estimate of drug-likeness (QED) is 0.677. The molecule has 114 valence electrons. The number of aliphatic hydroxyl groups excluding tert-OH is 1. The Morgan fingerprint density at radius 2 is 2.00 bits per heavy atom. The molecule has 1 aromatic heterocycles. The van der Waals surface area contributed by atoms with Crippen molar-refractivity contribution in [2.75, 3.05) is 13.1 Å². The molecule has 3 aromatic rings. The van der Waals surface area contributed by atoms with Crippen LogP contribution in [0.3, 0.4) is 0 Å². The zero-order valence-corrected chi connectivity index (χ0v) is 12.9. The van der Waals surface area contributed by atoms with Gasteiger partial charge in [-0.15, -0.1) is 0 Å². The summed E-state index contributed by atoms with van der Waals surface area (Å²) in [5.41, 5.74) is 2.92. The van der Waals surface area contributed by atoms with Crippen molar-refractivity contribution >= 4 is 22.6 Å². The third-order valence-corrected chi connectivity index (χ3v) is 3.94. The molecule has 0 bridgehead atoms. The highest BCUT2D eigenvalue weighted by atomic mass is 35.5. The second kappa shape index (κ2) is 6.97. The third kappa shape index (κ3) is 3.50. The fraction of sp³-hybridized carbons (Fsp3) is 0.222. The van der Waals surface area contributed by atoms with Crippen molar-refractivity contribution in [3.63, 3.8) is 0 Å². The molecule has 1 atom stereocenters. The molecular weight excluding hydrogens is 298 g/mol. The van der Waals surface area contributed by atoms with Crippen molar-refractivity contribution < 1.29 is 9.52 Å². The summed E-state index contributed by atoms with van der Waals surface area (Å²) in [5.74, 6) is 0. The molecule has 0 aliphatic heterocycles. The Labute approximate surface area is 134 Å². The number of halogens is 1. The van der Waals surface area contributed by atoms with Gasteiger partial charge in [0.1, 0.15) is 5.58 Å². The number of aliphatic hydroxyl groups is 1. The molecule has 0 saturated heterocycles. The molecule has 2 N–H and O–H groups in total. The molecule has 3 nitrogen and oxygen atoms in total. The average molecular weight is 316 g/mol. The van der Waals surface area contributed by atoms with E-state index in [4.69, 9.17) is 16.0 Å². The molecule has 0 aliphatic rings. The lowest BCUT2D eigenvalue weighted by Crippen LogP contribution is -2.23. The number of furan rings is 1. The minimum Gasteiger partial charge on any atom is -0.464 e. The van der Waals surface area contributed by atoms with Gasteiger partial charge in [-0.3, -0.25) is 0 Å². The second-order valence-electron chi connectivity index (χ2n) is 5.28. The third-order valence-electron chi connectivity index (χ3n) is 3.70. The van der Waals surface area contributed by atoms with Gasteiger partial charge in [0, 0.05) is 17.0 Å². The van der Waals surface area contributed by atoms with Gasteiger partial charge in [0.15, 0.2) is 0 Å².